The van der Waals surface area contributed by atoms with Gasteiger partial charge in [-0.15, -0.1) is 0 Å². The Morgan fingerprint density at radius 2 is 2.02 bits per heavy atom. The molecule has 0 bridgehead atoms. The lowest BCUT2D eigenvalue weighted by atomic mass is 9.88. The summed E-state index contributed by atoms with van der Waals surface area (Å²) >= 11 is 0. The maximum Gasteiger partial charge on any atom is 0.262 e. The van der Waals surface area contributed by atoms with Gasteiger partial charge in [0.2, 0.25) is 0 Å². The molecule has 0 spiro atoms. The summed E-state index contributed by atoms with van der Waals surface area (Å²) in [6.07, 6.45) is 13.5. The molecule has 0 amide bonds. The quantitative estimate of drug-likeness (QED) is 0.285. The number of pyridine rings is 2. The Morgan fingerprint density at radius 1 is 1.20 bits per heavy atom. The Hall–Kier alpha value is -3.41. The van der Waals surface area contributed by atoms with Crippen LogP contribution in [-0.4, -0.2) is 73.3 Å². The van der Waals surface area contributed by atoms with E-state index < -0.39 is 10.0 Å². The molecule has 0 aromatic carbocycles. The zero-order valence-corrected chi connectivity index (χ0v) is 24.8. The van der Waals surface area contributed by atoms with Gasteiger partial charge in [-0.25, -0.2) is 15.0 Å². The molecule has 1 saturated heterocycles. The van der Waals surface area contributed by atoms with Gasteiger partial charge >= 0.3 is 0 Å². The van der Waals surface area contributed by atoms with Crippen LogP contribution >= 0.6 is 10.0 Å². The molecule has 212 valence electrons. The average molecular weight is 564 g/mol. The smallest absolute Gasteiger partial charge is 0.262 e. The number of aromatic nitrogens is 6. The van der Waals surface area contributed by atoms with Gasteiger partial charge in [-0.2, -0.15) is 5.10 Å². The second kappa shape index (κ2) is 10.2. The molecule has 6 rings (SSSR count). The van der Waals surface area contributed by atoms with Gasteiger partial charge in [-0.3, -0.25) is 9.48 Å². The zero-order valence-electron chi connectivity index (χ0n) is 24.0. The van der Waals surface area contributed by atoms with Gasteiger partial charge in [0, 0.05) is 55.0 Å². The van der Waals surface area contributed by atoms with Gasteiger partial charge in [0.1, 0.15) is 12.4 Å². The van der Waals surface area contributed by atoms with Crippen LogP contribution < -0.4 is 10.9 Å². The third kappa shape index (κ3) is 4.76. The highest BCUT2D eigenvalue weighted by Crippen LogP contribution is 2.41. The summed E-state index contributed by atoms with van der Waals surface area (Å²) in [7, 11) is 3.06. The fourth-order valence-corrected chi connectivity index (χ4v) is 6.28. The largest absolute Gasteiger partial charge is 0.360 e. The number of nitrogens with one attached hydrogen (secondary N) is 1. The lowest BCUT2D eigenvalue weighted by molar-refractivity contribution is 0.0934. The summed E-state index contributed by atoms with van der Waals surface area (Å²) in [6.45, 7) is 4.62. The number of aryl methyl sites for hydroxylation is 3. The average Bonchev–Trinajstić information content (AvgIpc) is 3.70. The molecule has 1 atom stereocenters. The second-order valence-electron chi connectivity index (χ2n) is 11.6. The van der Waals surface area contributed by atoms with E-state index in [-0.39, 0.29) is 11.5 Å². The molecule has 1 aliphatic heterocycles. The van der Waals surface area contributed by atoms with Crippen molar-refractivity contribution in [2.75, 3.05) is 44.2 Å². The summed E-state index contributed by atoms with van der Waals surface area (Å²) in [5, 5.41) is 14.0. The zero-order chi connectivity index (χ0) is 28.2. The van der Waals surface area contributed by atoms with Gasteiger partial charge in [-0.05, 0) is 56.2 Å². The summed E-state index contributed by atoms with van der Waals surface area (Å²) in [5.41, 5.74) is 5.80. The Kier molecular flexibility index (Phi) is 6.84. The molecule has 1 aliphatic rings. The van der Waals surface area contributed by atoms with Crippen molar-refractivity contribution in [3.05, 3.63) is 52.3 Å². The lowest BCUT2D eigenvalue weighted by Gasteiger charge is -2.24. The molecule has 11 heteroatoms. The van der Waals surface area contributed by atoms with Gasteiger partial charge in [-0.1, -0.05) is 5.16 Å². The fourth-order valence-electron chi connectivity index (χ4n) is 5.66. The minimum absolute atomic E-state index is 0.105. The number of rotatable bonds is 8. The third-order valence-corrected chi connectivity index (χ3v) is 9.12. The van der Waals surface area contributed by atoms with Gasteiger partial charge in [0.25, 0.3) is 5.56 Å². The molecular formula is C29H37N7O3S. The van der Waals surface area contributed by atoms with Crippen molar-refractivity contribution in [2.24, 2.45) is 14.1 Å². The van der Waals surface area contributed by atoms with Crippen LogP contribution in [0.1, 0.15) is 23.6 Å². The van der Waals surface area contributed by atoms with Gasteiger partial charge < -0.3 is 23.7 Å². The van der Waals surface area contributed by atoms with E-state index in [4.69, 9.17) is 14.2 Å². The van der Waals surface area contributed by atoms with E-state index in [2.05, 4.69) is 45.0 Å². The third-order valence-electron chi connectivity index (χ3n) is 7.73. The normalized spacial score (nSPS) is 16.5. The molecule has 1 fully saturated rings. The first-order chi connectivity index (χ1) is 19.1. The van der Waals surface area contributed by atoms with E-state index in [0.29, 0.717) is 24.7 Å². The Labute approximate surface area is 234 Å². The molecule has 40 heavy (non-hydrogen) atoms. The molecule has 0 saturated carbocycles. The molecule has 0 radical (unpaired) electrons. The van der Waals surface area contributed by atoms with E-state index >= 15 is 0 Å². The van der Waals surface area contributed by atoms with E-state index in [1.807, 2.05) is 38.6 Å². The van der Waals surface area contributed by atoms with Crippen LogP contribution in [0.2, 0.25) is 0 Å². The minimum atomic E-state index is -0.664. The molecule has 6 heterocycles. The predicted molar refractivity (Wildman–Crippen MR) is 161 cm³/mol. The van der Waals surface area contributed by atoms with Crippen molar-refractivity contribution in [1.82, 2.24) is 34.4 Å². The van der Waals surface area contributed by atoms with E-state index in [1.165, 1.54) is 0 Å². The van der Waals surface area contributed by atoms with Crippen LogP contribution in [0.25, 0.3) is 44.5 Å². The van der Waals surface area contributed by atoms with Crippen molar-refractivity contribution in [1.29, 1.82) is 0 Å². The van der Waals surface area contributed by atoms with E-state index in [0.717, 1.165) is 69.7 Å². The van der Waals surface area contributed by atoms with Crippen molar-refractivity contribution in [3.8, 4) is 22.6 Å². The van der Waals surface area contributed by atoms with Gasteiger partial charge in [0.15, 0.2) is 5.76 Å². The van der Waals surface area contributed by atoms with Crippen LogP contribution in [0, 0.1) is 6.92 Å². The highest BCUT2D eigenvalue weighted by molar-refractivity contribution is 8.32. The number of nitrogens with zero attached hydrogens (tertiary/aromatic N) is 6. The summed E-state index contributed by atoms with van der Waals surface area (Å²) < 4.78 is 17.6. The fraction of sp³-hybridized carbons (Fsp3) is 0.448. The van der Waals surface area contributed by atoms with Crippen LogP contribution in [0.15, 0.2) is 40.0 Å². The van der Waals surface area contributed by atoms with Crippen LogP contribution in [0.5, 0.6) is 0 Å². The van der Waals surface area contributed by atoms with Crippen molar-refractivity contribution in [3.63, 3.8) is 0 Å². The maximum absolute atomic E-state index is 13.9. The Morgan fingerprint density at radius 3 is 2.67 bits per heavy atom. The molecule has 1 unspecified atom stereocenters. The van der Waals surface area contributed by atoms with Crippen LogP contribution in [-0.2, 0) is 25.6 Å². The molecule has 1 N–H and O–H groups in total. The second-order valence-corrected chi connectivity index (χ2v) is 16.2. The first-order valence-electron chi connectivity index (χ1n) is 13.5. The first-order valence-corrected chi connectivity index (χ1v) is 16.6. The van der Waals surface area contributed by atoms with Crippen molar-refractivity contribution in [2.45, 2.75) is 26.0 Å². The first kappa shape index (κ1) is 26.8. The molecule has 5 aromatic rings. The minimum Gasteiger partial charge on any atom is -0.360 e. The van der Waals surface area contributed by atoms with Gasteiger partial charge in [0.05, 0.1) is 41.5 Å². The topological polar surface area (TPSA) is 105 Å². The predicted octanol–water partition coefficient (Wildman–Crippen LogP) is 4.00. The molecule has 10 nitrogen and oxygen atoms in total. The molecular weight excluding hydrogens is 526 g/mol. The highest BCUT2D eigenvalue weighted by atomic mass is 32.3. The lowest BCUT2D eigenvalue weighted by Crippen LogP contribution is -2.23. The molecule has 0 aliphatic carbocycles. The number of hydrogen-bond donors (Lipinski definition) is 1. The highest BCUT2D eigenvalue weighted by Gasteiger charge is 2.30. The number of fused-ring (bicyclic) bond motifs is 3. The summed E-state index contributed by atoms with van der Waals surface area (Å²) in [6, 6.07) is 4.02. The van der Waals surface area contributed by atoms with Crippen LogP contribution in [0.4, 0.5) is 0 Å². The molecule has 5 aromatic heterocycles. The van der Waals surface area contributed by atoms with E-state index in [1.54, 1.807) is 16.3 Å². The monoisotopic (exact) mass is 563 g/mol. The maximum atomic E-state index is 13.9. The van der Waals surface area contributed by atoms with E-state index in [9.17, 15) is 4.79 Å². The van der Waals surface area contributed by atoms with Crippen molar-refractivity contribution < 1.29 is 9.26 Å². The Balaban J connectivity index is 1.63. The standard InChI is InChI=1S/C29H37N7O3S/c1-18-11-24(39-33-18)27-25(19-7-8-30-13-19)26-21-12-22(20-14-32-34(2)16-20)36(17-38-9-10-40(4,5)6)28(21)31-15-23(26)35(3)29(27)37/h11-12,14-16,19,30H,7-10,13,17H2,1-6H3. The number of ether oxygens (including phenoxy) is 1. The van der Waals surface area contributed by atoms with Crippen molar-refractivity contribution >= 4 is 32.0 Å². The SMILES string of the molecule is Cc1cc(-c2c(C3CCNC3)c3c4cc(-c5cnn(C)c5)n(COCCS(C)(C)C)c4ncc3n(C)c2=O)on1. The van der Waals surface area contributed by atoms with Crippen LogP contribution in [0.3, 0.4) is 0 Å². The number of hydrogen-bond acceptors (Lipinski definition) is 7. The summed E-state index contributed by atoms with van der Waals surface area (Å²) in [4.78, 5) is 18.8. The Bertz CT molecular complexity index is 1770. The summed E-state index contributed by atoms with van der Waals surface area (Å²) in [5.74, 6) is 1.69.